The fourth-order valence-electron chi connectivity index (χ4n) is 3.68. The molecule has 32 heavy (non-hydrogen) atoms. The summed E-state index contributed by atoms with van der Waals surface area (Å²) in [5.74, 6) is -0.185. The van der Waals surface area contributed by atoms with Gasteiger partial charge in [-0.15, -0.1) is 0 Å². The highest BCUT2D eigenvalue weighted by molar-refractivity contribution is 8.26. The summed E-state index contributed by atoms with van der Waals surface area (Å²) in [6.45, 7) is 4.87. The van der Waals surface area contributed by atoms with Gasteiger partial charge in [0.25, 0.3) is 0 Å². The molecule has 1 atom stereocenters. The van der Waals surface area contributed by atoms with Crippen molar-refractivity contribution in [3.8, 4) is 6.07 Å². The molecule has 0 spiro atoms. The first-order valence-corrected chi connectivity index (χ1v) is 11.5. The summed E-state index contributed by atoms with van der Waals surface area (Å²) in [7, 11) is -3.18. The molecule has 0 bridgehead atoms. The number of fused-ring (bicyclic) bond motifs is 1. The monoisotopic (exact) mass is 454 g/mol. The Kier molecular flexibility index (Phi) is 5.08. The Hall–Kier alpha value is -3.26. The van der Waals surface area contributed by atoms with Crippen LogP contribution in [0.1, 0.15) is 31.9 Å². The van der Waals surface area contributed by atoms with Gasteiger partial charge in [-0.1, -0.05) is 0 Å². The van der Waals surface area contributed by atoms with E-state index in [1.54, 1.807) is 51.2 Å². The Labute approximate surface area is 186 Å². The Morgan fingerprint density at radius 3 is 2.62 bits per heavy atom. The van der Waals surface area contributed by atoms with E-state index in [0.717, 1.165) is 5.39 Å². The van der Waals surface area contributed by atoms with Gasteiger partial charge in [0.15, 0.2) is 5.82 Å². The fraction of sp³-hybridized carbons (Fsp3) is 0.273. The van der Waals surface area contributed by atoms with Crippen molar-refractivity contribution in [3.63, 3.8) is 0 Å². The molecule has 8 nitrogen and oxygen atoms in total. The van der Waals surface area contributed by atoms with Crippen molar-refractivity contribution in [2.75, 3.05) is 11.1 Å². The molecule has 10 heteroatoms. The smallest absolute Gasteiger partial charge is 0.156 e. The van der Waals surface area contributed by atoms with E-state index in [1.807, 2.05) is 0 Å². The van der Waals surface area contributed by atoms with Gasteiger partial charge in [-0.2, -0.15) is 15.9 Å². The van der Waals surface area contributed by atoms with E-state index in [1.165, 1.54) is 12.3 Å². The molecule has 3 aromatic rings. The third-order valence-corrected chi connectivity index (χ3v) is 8.63. The van der Waals surface area contributed by atoms with Crippen molar-refractivity contribution < 1.29 is 13.5 Å². The number of benzene rings is 1. The van der Waals surface area contributed by atoms with Gasteiger partial charge < -0.3 is 11.1 Å². The molecule has 4 rings (SSSR count). The van der Waals surface area contributed by atoms with Crippen LogP contribution in [-0.2, 0) is 5.54 Å². The minimum atomic E-state index is -3.18. The highest BCUT2D eigenvalue weighted by Gasteiger charge is 2.49. The van der Waals surface area contributed by atoms with Gasteiger partial charge in [0.05, 0.1) is 11.3 Å². The standard InChI is InChI=1S/C22H23FN6O2S/c1-21(2)20(25)29-22(3,12-32(21,30)31)16-9-15(4-5-17(16)23)28-19-18-14(6-7-26-19)8-13(10-24)11-27-18/h4-9,11,30-31H,12H2,1-3H3,(H2,25,29)(H,26,28)/t22-/m0/s1. The first-order valence-electron chi connectivity index (χ1n) is 9.80. The van der Waals surface area contributed by atoms with E-state index in [-0.39, 0.29) is 17.2 Å². The third-order valence-electron chi connectivity index (χ3n) is 5.82. The molecule has 166 valence electrons. The van der Waals surface area contributed by atoms with Crippen LogP contribution in [0.15, 0.2) is 47.7 Å². The molecule has 0 radical (unpaired) electrons. The Balaban J connectivity index is 1.76. The summed E-state index contributed by atoms with van der Waals surface area (Å²) in [6, 6.07) is 9.90. The van der Waals surface area contributed by atoms with Gasteiger partial charge in [-0.3, -0.25) is 19.1 Å². The maximum atomic E-state index is 14.9. The number of aliphatic imine (C=N–C) groups is 1. The quantitative estimate of drug-likeness (QED) is 0.457. The maximum Gasteiger partial charge on any atom is 0.156 e. The number of anilines is 2. The van der Waals surface area contributed by atoms with Crippen molar-refractivity contribution in [2.24, 2.45) is 10.7 Å². The first-order chi connectivity index (χ1) is 15.0. The van der Waals surface area contributed by atoms with Crippen LogP contribution in [0.2, 0.25) is 0 Å². The molecule has 2 aromatic heterocycles. The molecule has 0 unspecified atom stereocenters. The number of rotatable bonds is 3. The zero-order valence-electron chi connectivity index (χ0n) is 17.8. The van der Waals surface area contributed by atoms with Crippen molar-refractivity contribution in [1.82, 2.24) is 9.97 Å². The van der Waals surface area contributed by atoms with Gasteiger partial charge >= 0.3 is 0 Å². The number of nitrogens with one attached hydrogen (secondary N) is 1. The van der Waals surface area contributed by atoms with Gasteiger partial charge in [-0.25, -0.2) is 9.37 Å². The number of hydrogen-bond acceptors (Lipinski definition) is 8. The average molecular weight is 455 g/mol. The summed E-state index contributed by atoms with van der Waals surface area (Å²) in [4.78, 5) is 13.1. The predicted octanol–water partition coefficient (Wildman–Crippen LogP) is 4.50. The third kappa shape index (κ3) is 3.54. The zero-order valence-corrected chi connectivity index (χ0v) is 18.6. The van der Waals surface area contributed by atoms with Crippen molar-refractivity contribution in [2.45, 2.75) is 31.1 Å². The highest BCUT2D eigenvalue weighted by atomic mass is 32.3. The largest absolute Gasteiger partial charge is 0.386 e. The second kappa shape index (κ2) is 7.41. The topological polar surface area (TPSA) is 140 Å². The van der Waals surface area contributed by atoms with E-state index in [9.17, 15) is 13.5 Å². The lowest BCUT2D eigenvalue weighted by Gasteiger charge is -2.53. The second-order valence-electron chi connectivity index (χ2n) is 8.48. The molecular formula is C22H23FN6O2S. The van der Waals surface area contributed by atoms with Crippen LogP contribution < -0.4 is 11.1 Å². The Morgan fingerprint density at radius 2 is 1.94 bits per heavy atom. The van der Waals surface area contributed by atoms with Crippen LogP contribution in [0.3, 0.4) is 0 Å². The second-order valence-corrected chi connectivity index (χ2v) is 11.1. The minimum Gasteiger partial charge on any atom is -0.386 e. The molecule has 0 saturated carbocycles. The summed E-state index contributed by atoms with van der Waals surface area (Å²) >= 11 is 0. The fourth-order valence-corrected chi connectivity index (χ4v) is 5.42. The Bertz CT molecular complexity index is 1300. The SMILES string of the molecule is CC1(C)C(N)=N[C@](C)(c2cc(Nc3nccc4cc(C#N)cnc34)ccc2F)CS1(O)O. The molecular weight excluding hydrogens is 431 g/mol. The lowest BCUT2D eigenvalue weighted by Crippen LogP contribution is -2.52. The summed E-state index contributed by atoms with van der Waals surface area (Å²) in [6.07, 6.45) is 3.04. The minimum absolute atomic E-state index is 0.0669. The first kappa shape index (κ1) is 22.0. The number of hydrogen-bond donors (Lipinski definition) is 4. The molecule has 1 aliphatic heterocycles. The van der Waals surface area contributed by atoms with E-state index in [0.29, 0.717) is 22.6 Å². The van der Waals surface area contributed by atoms with Gasteiger partial charge in [-0.05, 0) is 51.1 Å². The Morgan fingerprint density at radius 1 is 1.19 bits per heavy atom. The van der Waals surface area contributed by atoms with Crippen LogP contribution in [0.4, 0.5) is 15.9 Å². The lowest BCUT2D eigenvalue weighted by atomic mass is 9.92. The summed E-state index contributed by atoms with van der Waals surface area (Å²) in [5, 5.41) is 13.0. The summed E-state index contributed by atoms with van der Waals surface area (Å²) in [5.41, 5.74) is 6.50. The van der Waals surface area contributed by atoms with Crippen molar-refractivity contribution in [3.05, 3.63) is 59.7 Å². The maximum absolute atomic E-state index is 14.9. The molecule has 0 fully saturated rings. The number of aromatic nitrogens is 2. The molecule has 3 heterocycles. The number of halogens is 1. The average Bonchev–Trinajstić information content (AvgIpc) is 2.73. The van der Waals surface area contributed by atoms with Crippen molar-refractivity contribution in [1.29, 1.82) is 5.26 Å². The van der Waals surface area contributed by atoms with E-state index >= 15 is 0 Å². The molecule has 0 aliphatic carbocycles. The van der Waals surface area contributed by atoms with E-state index < -0.39 is 26.7 Å². The number of amidine groups is 1. The van der Waals surface area contributed by atoms with Gasteiger partial charge in [0.1, 0.15) is 33.5 Å². The van der Waals surface area contributed by atoms with Crippen LogP contribution in [0, 0.1) is 17.1 Å². The number of nitrogens with zero attached hydrogens (tertiary/aromatic N) is 4. The lowest BCUT2D eigenvalue weighted by molar-refractivity contribution is 0.417. The molecule has 0 amide bonds. The number of nitriles is 1. The zero-order chi connectivity index (χ0) is 23.3. The molecule has 5 N–H and O–H groups in total. The molecule has 1 aromatic carbocycles. The predicted molar refractivity (Wildman–Crippen MR) is 125 cm³/mol. The van der Waals surface area contributed by atoms with Crippen LogP contribution in [0.25, 0.3) is 10.9 Å². The van der Waals surface area contributed by atoms with Crippen LogP contribution in [0.5, 0.6) is 0 Å². The normalized spacial score (nSPS) is 22.6. The number of nitrogens with two attached hydrogens (primary N) is 1. The van der Waals surface area contributed by atoms with Gasteiger partial charge in [0.2, 0.25) is 0 Å². The van der Waals surface area contributed by atoms with E-state index in [4.69, 9.17) is 11.0 Å². The molecule has 0 saturated heterocycles. The highest BCUT2D eigenvalue weighted by Crippen LogP contribution is 2.59. The summed E-state index contributed by atoms with van der Waals surface area (Å²) < 4.78 is 35.2. The van der Waals surface area contributed by atoms with E-state index in [2.05, 4.69) is 26.3 Å². The van der Waals surface area contributed by atoms with Gasteiger partial charge in [0, 0.05) is 29.0 Å². The van der Waals surface area contributed by atoms with Crippen LogP contribution in [-0.4, -0.2) is 35.4 Å². The van der Waals surface area contributed by atoms with Crippen LogP contribution >= 0.6 is 10.6 Å². The number of pyridine rings is 2. The van der Waals surface area contributed by atoms with Crippen molar-refractivity contribution >= 4 is 38.8 Å². The molecule has 1 aliphatic rings.